The van der Waals surface area contributed by atoms with Crippen molar-refractivity contribution in [3.05, 3.63) is 53.1 Å². The zero-order chi connectivity index (χ0) is 12.1. The molecule has 4 heteroatoms. The second-order valence-corrected chi connectivity index (χ2v) is 4.07. The Morgan fingerprint density at radius 2 is 2.12 bits per heavy atom. The van der Waals surface area contributed by atoms with Crippen molar-refractivity contribution in [1.82, 2.24) is 14.9 Å². The lowest BCUT2D eigenvalue weighted by atomic mass is 10.2. The zero-order valence-electron chi connectivity index (χ0n) is 9.68. The SMILES string of the molecule is CNCC=Cc1ccc(-n2cc[nH]c2=S)cc1. The Bertz CT molecular complexity index is 549. The van der Waals surface area contributed by atoms with Crippen LogP contribution in [0.5, 0.6) is 0 Å². The maximum atomic E-state index is 5.17. The predicted octanol–water partition coefficient (Wildman–Crippen LogP) is 2.77. The fourth-order valence-electron chi connectivity index (χ4n) is 1.58. The van der Waals surface area contributed by atoms with Gasteiger partial charge in [0.15, 0.2) is 4.77 Å². The van der Waals surface area contributed by atoms with E-state index in [2.05, 4.69) is 46.7 Å². The van der Waals surface area contributed by atoms with Gasteiger partial charge in [0.25, 0.3) is 0 Å². The standard InChI is InChI=1S/C13H15N3S/c1-14-8-2-3-11-4-6-12(7-5-11)16-10-9-15-13(16)17/h2-7,9-10,14H,8H2,1H3,(H,15,17). The van der Waals surface area contributed by atoms with Crippen molar-refractivity contribution in [2.75, 3.05) is 13.6 Å². The van der Waals surface area contributed by atoms with Gasteiger partial charge in [-0.15, -0.1) is 0 Å². The van der Waals surface area contributed by atoms with Crippen molar-refractivity contribution in [2.45, 2.75) is 0 Å². The number of H-pyrrole nitrogens is 1. The number of hydrogen-bond donors (Lipinski definition) is 2. The maximum absolute atomic E-state index is 5.17. The number of benzene rings is 1. The number of likely N-dealkylation sites (N-methyl/N-ethyl adjacent to an activating group) is 1. The van der Waals surface area contributed by atoms with Crippen LogP contribution in [-0.4, -0.2) is 23.1 Å². The quantitative estimate of drug-likeness (QED) is 0.812. The molecule has 3 nitrogen and oxygen atoms in total. The first-order chi connectivity index (χ1) is 8.31. The van der Waals surface area contributed by atoms with Crippen molar-refractivity contribution >= 4 is 18.3 Å². The van der Waals surface area contributed by atoms with Crippen LogP contribution in [0.25, 0.3) is 11.8 Å². The average Bonchev–Trinajstić information content (AvgIpc) is 2.77. The molecule has 0 bridgehead atoms. The van der Waals surface area contributed by atoms with Crippen LogP contribution < -0.4 is 5.32 Å². The zero-order valence-corrected chi connectivity index (χ0v) is 10.5. The van der Waals surface area contributed by atoms with Gasteiger partial charge in [-0.05, 0) is 37.0 Å². The summed E-state index contributed by atoms with van der Waals surface area (Å²) in [4.78, 5) is 2.98. The van der Waals surface area contributed by atoms with Gasteiger partial charge in [-0.2, -0.15) is 0 Å². The van der Waals surface area contributed by atoms with Crippen LogP contribution in [-0.2, 0) is 0 Å². The van der Waals surface area contributed by atoms with Crippen molar-refractivity contribution in [3.8, 4) is 5.69 Å². The second-order valence-electron chi connectivity index (χ2n) is 3.69. The summed E-state index contributed by atoms with van der Waals surface area (Å²) >= 11 is 5.17. The highest BCUT2D eigenvalue weighted by atomic mass is 32.1. The number of imidazole rings is 1. The van der Waals surface area contributed by atoms with E-state index in [0.717, 1.165) is 12.2 Å². The molecule has 0 radical (unpaired) electrons. The van der Waals surface area contributed by atoms with Crippen molar-refractivity contribution < 1.29 is 0 Å². The van der Waals surface area contributed by atoms with Crippen molar-refractivity contribution in [1.29, 1.82) is 0 Å². The molecule has 0 aliphatic carbocycles. The van der Waals surface area contributed by atoms with Gasteiger partial charge in [0, 0.05) is 24.6 Å². The lowest BCUT2D eigenvalue weighted by Gasteiger charge is -2.02. The fraction of sp³-hybridized carbons (Fsp3) is 0.154. The van der Waals surface area contributed by atoms with Crippen LogP contribution >= 0.6 is 12.2 Å². The molecule has 1 heterocycles. The molecule has 2 aromatic rings. The van der Waals surface area contributed by atoms with Gasteiger partial charge < -0.3 is 10.3 Å². The van der Waals surface area contributed by atoms with Crippen LogP contribution in [0.3, 0.4) is 0 Å². The third kappa shape index (κ3) is 2.93. The van der Waals surface area contributed by atoms with E-state index in [4.69, 9.17) is 12.2 Å². The van der Waals surface area contributed by atoms with Gasteiger partial charge in [0.05, 0.1) is 0 Å². The molecular formula is C13H15N3S. The Labute approximate surface area is 106 Å². The van der Waals surface area contributed by atoms with Crippen LogP contribution in [0.4, 0.5) is 0 Å². The van der Waals surface area contributed by atoms with E-state index in [1.807, 2.05) is 24.0 Å². The van der Waals surface area contributed by atoms with Crippen molar-refractivity contribution in [2.24, 2.45) is 0 Å². The van der Waals surface area contributed by atoms with E-state index >= 15 is 0 Å². The van der Waals surface area contributed by atoms with Crippen molar-refractivity contribution in [3.63, 3.8) is 0 Å². The fourth-order valence-corrected chi connectivity index (χ4v) is 1.82. The Balaban J connectivity index is 2.19. The van der Waals surface area contributed by atoms with Crippen LogP contribution in [0.1, 0.15) is 5.56 Å². The number of hydrogen-bond acceptors (Lipinski definition) is 2. The molecule has 0 saturated heterocycles. The minimum atomic E-state index is 0.712. The van der Waals surface area contributed by atoms with Gasteiger partial charge in [0.2, 0.25) is 0 Å². The molecule has 1 aromatic heterocycles. The molecule has 88 valence electrons. The predicted molar refractivity (Wildman–Crippen MR) is 73.9 cm³/mol. The third-order valence-corrected chi connectivity index (χ3v) is 2.77. The minimum Gasteiger partial charge on any atom is -0.337 e. The minimum absolute atomic E-state index is 0.712. The Kier molecular flexibility index (Phi) is 3.90. The molecule has 2 N–H and O–H groups in total. The van der Waals surface area contributed by atoms with E-state index in [0.29, 0.717) is 4.77 Å². The Morgan fingerprint density at radius 1 is 1.35 bits per heavy atom. The molecule has 0 spiro atoms. The summed E-state index contributed by atoms with van der Waals surface area (Å²) in [5.74, 6) is 0. The number of aromatic nitrogens is 2. The molecule has 1 aromatic carbocycles. The molecule has 0 unspecified atom stereocenters. The second kappa shape index (κ2) is 5.61. The van der Waals surface area contributed by atoms with Gasteiger partial charge in [-0.1, -0.05) is 24.3 Å². The van der Waals surface area contributed by atoms with E-state index in [1.54, 1.807) is 0 Å². The van der Waals surface area contributed by atoms with Gasteiger partial charge >= 0.3 is 0 Å². The highest BCUT2D eigenvalue weighted by molar-refractivity contribution is 7.71. The highest BCUT2D eigenvalue weighted by Crippen LogP contribution is 2.11. The smallest absolute Gasteiger partial charge is 0.181 e. The summed E-state index contributed by atoms with van der Waals surface area (Å²) in [5.41, 5.74) is 2.26. The first-order valence-electron chi connectivity index (χ1n) is 5.49. The molecular weight excluding hydrogens is 230 g/mol. The summed E-state index contributed by atoms with van der Waals surface area (Å²) in [6, 6.07) is 8.28. The van der Waals surface area contributed by atoms with Crippen LogP contribution in [0.15, 0.2) is 42.7 Å². The van der Waals surface area contributed by atoms with Gasteiger partial charge in [0.1, 0.15) is 0 Å². The summed E-state index contributed by atoms with van der Waals surface area (Å²) < 4.78 is 2.65. The number of nitrogens with zero attached hydrogens (tertiary/aromatic N) is 1. The largest absolute Gasteiger partial charge is 0.337 e. The summed E-state index contributed by atoms with van der Waals surface area (Å²) in [7, 11) is 1.93. The summed E-state index contributed by atoms with van der Waals surface area (Å²) in [6.45, 7) is 0.880. The number of nitrogens with one attached hydrogen (secondary N) is 2. The lowest BCUT2D eigenvalue weighted by Crippen LogP contribution is -2.03. The van der Waals surface area contributed by atoms with Crippen LogP contribution in [0, 0.1) is 4.77 Å². The van der Waals surface area contributed by atoms with E-state index in [-0.39, 0.29) is 0 Å². The normalized spacial score (nSPS) is 11.1. The maximum Gasteiger partial charge on any atom is 0.181 e. The van der Waals surface area contributed by atoms with E-state index in [9.17, 15) is 0 Å². The van der Waals surface area contributed by atoms with E-state index in [1.165, 1.54) is 5.56 Å². The van der Waals surface area contributed by atoms with E-state index < -0.39 is 0 Å². The number of aromatic amines is 1. The highest BCUT2D eigenvalue weighted by Gasteiger charge is 1.96. The Morgan fingerprint density at radius 3 is 2.71 bits per heavy atom. The molecule has 17 heavy (non-hydrogen) atoms. The van der Waals surface area contributed by atoms with Gasteiger partial charge in [-0.3, -0.25) is 4.57 Å². The van der Waals surface area contributed by atoms with Crippen LogP contribution in [0.2, 0.25) is 0 Å². The summed E-state index contributed by atoms with van der Waals surface area (Å²) in [6.07, 6.45) is 7.95. The monoisotopic (exact) mass is 245 g/mol. The third-order valence-electron chi connectivity index (χ3n) is 2.45. The molecule has 0 aliphatic heterocycles. The molecule has 0 amide bonds. The first-order valence-corrected chi connectivity index (χ1v) is 5.89. The molecule has 0 saturated carbocycles. The molecule has 0 aliphatic rings. The first kappa shape index (κ1) is 11.8. The number of rotatable bonds is 4. The molecule has 2 rings (SSSR count). The lowest BCUT2D eigenvalue weighted by molar-refractivity contribution is 0.922. The average molecular weight is 245 g/mol. The molecule has 0 fully saturated rings. The van der Waals surface area contributed by atoms with Gasteiger partial charge in [-0.25, -0.2) is 0 Å². The molecule has 0 atom stereocenters. The summed E-state index contributed by atoms with van der Waals surface area (Å²) in [5, 5.41) is 3.07. The topological polar surface area (TPSA) is 32.8 Å². The Hall–Kier alpha value is -1.65.